The summed E-state index contributed by atoms with van der Waals surface area (Å²) in [6.07, 6.45) is 0.506. The van der Waals surface area contributed by atoms with Crippen LogP contribution in [-0.2, 0) is 16.1 Å². The Balaban J connectivity index is 2.72. The monoisotopic (exact) mass is 268 g/mol. The maximum absolute atomic E-state index is 12.0. The van der Waals surface area contributed by atoms with Gasteiger partial charge in [0.2, 0.25) is 0 Å². The van der Waals surface area contributed by atoms with Crippen LogP contribution in [0.5, 0.6) is 0 Å². The number of nitrogens with one attached hydrogen (secondary N) is 2. The van der Waals surface area contributed by atoms with Crippen molar-refractivity contribution in [2.45, 2.75) is 32.9 Å². The van der Waals surface area contributed by atoms with Crippen molar-refractivity contribution in [3.05, 3.63) is 23.5 Å². The zero-order valence-corrected chi connectivity index (χ0v) is 11.4. The Morgan fingerprint density at radius 1 is 1.42 bits per heavy atom. The molecule has 6 heteroatoms. The van der Waals surface area contributed by atoms with E-state index in [9.17, 15) is 9.59 Å². The van der Waals surface area contributed by atoms with Gasteiger partial charge >= 0.3 is 5.97 Å². The lowest BCUT2D eigenvalue weighted by atomic mass is 10.0. The van der Waals surface area contributed by atoms with Gasteiger partial charge in [-0.2, -0.15) is 0 Å². The Hall–Kier alpha value is -1.82. The van der Waals surface area contributed by atoms with Crippen LogP contribution < -0.4 is 5.32 Å². The molecule has 0 aliphatic rings. The predicted octanol–water partition coefficient (Wildman–Crippen LogP) is 0.824. The summed E-state index contributed by atoms with van der Waals surface area (Å²) in [5.41, 5.74) is 0.852. The van der Waals surface area contributed by atoms with Gasteiger partial charge in [-0.3, -0.25) is 4.79 Å². The second kappa shape index (κ2) is 6.94. The molecule has 1 heterocycles. The Labute approximate surface area is 112 Å². The highest BCUT2D eigenvalue weighted by molar-refractivity contribution is 5.95. The molecule has 0 saturated heterocycles. The number of carbonyl (C=O) groups excluding carboxylic acids is 2. The molecule has 0 aliphatic carbocycles. The number of aliphatic hydroxyl groups excluding tert-OH is 1. The van der Waals surface area contributed by atoms with Gasteiger partial charge < -0.3 is 20.1 Å². The summed E-state index contributed by atoms with van der Waals surface area (Å²) in [5.74, 6) is -0.604. The summed E-state index contributed by atoms with van der Waals surface area (Å²) in [4.78, 5) is 26.3. The van der Waals surface area contributed by atoms with Crippen molar-refractivity contribution in [2.75, 3.05) is 7.11 Å². The lowest BCUT2D eigenvalue weighted by Crippen LogP contribution is -2.42. The van der Waals surface area contributed by atoms with Gasteiger partial charge in [-0.1, -0.05) is 13.8 Å². The van der Waals surface area contributed by atoms with Crippen molar-refractivity contribution >= 4 is 11.9 Å². The van der Waals surface area contributed by atoms with Crippen molar-refractivity contribution in [1.82, 2.24) is 10.3 Å². The molecule has 0 radical (unpaired) electrons. The molecule has 6 nitrogen and oxygen atoms in total. The van der Waals surface area contributed by atoms with Crippen molar-refractivity contribution in [1.29, 1.82) is 0 Å². The Bertz CT molecular complexity index is 440. The number of carbonyl (C=O) groups is 2. The molecule has 1 atom stereocenters. The number of aromatic amines is 1. The van der Waals surface area contributed by atoms with E-state index in [1.807, 2.05) is 13.8 Å². The van der Waals surface area contributed by atoms with E-state index >= 15 is 0 Å². The van der Waals surface area contributed by atoms with Gasteiger partial charge in [0.15, 0.2) is 0 Å². The van der Waals surface area contributed by atoms with Crippen molar-refractivity contribution in [2.24, 2.45) is 5.92 Å². The average Bonchev–Trinajstić information content (AvgIpc) is 2.85. The predicted molar refractivity (Wildman–Crippen MR) is 69.4 cm³/mol. The highest BCUT2D eigenvalue weighted by atomic mass is 16.5. The fraction of sp³-hybridized carbons (Fsp3) is 0.538. The third-order valence-corrected chi connectivity index (χ3v) is 2.66. The molecule has 3 N–H and O–H groups in total. The lowest BCUT2D eigenvalue weighted by Gasteiger charge is -2.17. The number of rotatable bonds is 6. The van der Waals surface area contributed by atoms with Crippen LogP contribution in [0.15, 0.2) is 12.1 Å². The van der Waals surface area contributed by atoms with Crippen molar-refractivity contribution in [3.63, 3.8) is 0 Å². The molecular formula is C13H20N2O4. The summed E-state index contributed by atoms with van der Waals surface area (Å²) in [6, 6.07) is 2.51. The Morgan fingerprint density at radius 3 is 2.58 bits per heavy atom. The molecule has 1 amide bonds. The van der Waals surface area contributed by atoms with Crippen LogP contribution in [0.2, 0.25) is 0 Å². The highest BCUT2D eigenvalue weighted by Crippen LogP contribution is 2.08. The number of hydrogen-bond acceptors (Lipinski definition) is 4. The van der Waals surface area contributed by atoms with Gasteiger partial charge in [-0.05, 0) is 24.5 Å². The minimum atomic E-state index is -0.668. The van der Waals surface area contributed by atoms with Crippen LogP contribution >= 0.6 is 0 Å². The van der Waals surface area contributed by atoms with Gasteiger partial charge in [0.05, 0.1) is 13.7 Å². The molecular weight excluding hydrogens is 248 g/mol. The summed E-state index contributed by atoms with van der Waals surface area (Å²) in [6.45, 7) is 3.75. The van der Waals surface area contributed by atoms with Crippen LogP contribution in [0.3, 0.4) is 0 Å². The third kappa shape index (κ3) is 4.40. The van der Waals surface area contributed by atoms with Crippen LogP contribution in [0, 0.1) is 5.92 Å². The fourth-order valence-electron chi connectivity index (χ4n) is 1.73. The summed E-state index contributed by atoms with van der Waals surface area (Å²) in [7, 11) is 1.29. The van der Waals surface area contributed by atoms with Crippen molar-refractivity contribution < 1.29 is 19.4 Å². The van der Waals surface area contributed by atoms with Crippen LogP contribution in [0.4, 0.5) is 0 Å². The minimum absolute atomic E-state index is 0.167. The smallest absolute Gasteiger partial charge is 0.328 e. The molecule has 0 bridgehead atoms. The third-order valence-electron chi connectivity index (χ3n) is 2.66. The first kappa shape index (κ1) is 15.2. The number of ether oxygens (including phenoxy) is 1. The van der Waals surface area contributed by atoms with Crippen molar-refractivity contribution in [3.8, 4) is 0 Å². The Kier molecular flexibility index (Phi) is 5.57. The van der Waals surface area contributed by atoms with Gasteiger partial charge in [-0.25, -0.2) is 4.79 Å². The highest BCUT2D eigenvalue weighted by Gasteiger charge is 2.23. The van der Waals surface area contributed by atoms with Gasteiger partial charge in [0, 0.05) is 5.69 Å². The molecule has 106 valence electrons. The Morgan fingerprint density at radius 2 is 2.11 bits per heavy atom. The number of aliphatic hydroxyl groups is 1. The topological polar surface area (TPSA) is 91.4 Å². The molecule has 0 aromatic carbocycles. The summed E-state index contributed by atoms with van der Waals surface area (Å²) >= 11 is 0. The number of methoxy groups -OCH3 is 1. The maximum Gasteiger partial charge on any atom is 0.328 e. The summed E-state index contributed by atoms with van der Waals surface area (Å²) < 4.78 is 4.67. The van der Waals surface area contributed by atoms with Gasteiger partial charge in [-0.15, -0.1) is 0 Å². The fourth-order valence-corrected chi connectivity index (χ4v) is 1.73. The SMILES string of the molecule is COC(=O)[C@H](CC(C)C)NC(=O)c1ccc(CO)[nH]1. The molecule has 0 spiro atoms. The zero-order valence-electron chi connectivity index (χ0n) is 11.4. The largest absolute Gasteiger partial charge is 0.467 e. The number of aromatic nitrogens is 1. The molecule has 0 aliphatic heterocycles. The number of H-pyrrole nitrogens is 1. The molecule has 19 heavy (non-hydrogen) atoms. The quantitative estimate of drug-likeness (QED) is 0.666. The first-order valence-corrected chi connectivity index (χ1v) is 6.15. The maximum atomic E-state index is 12.0. The molecule has 1 aromatic rings. The normalized spacial score (nSPS) is 12.3. The number of hydrogen-bond donors (Lipinski definition) is 3. The molecule has 1 rings (SSSR count). The standard InChI is InChI=1S/C13H20N2O4/c1-8(2)6-11(13(18)19-3)15-12(17)10-5-4-9(7-16)14-10/h4-5,8,11,14,16H,6-7H2,1-3H3,(H,15,17)/t11-/m0/s1. The van der Waals surface area contributed by atoms with E-state index in [1.54, 1.807) is 12.1 Å². The zero-order chi connectivity index (χ0) is 14.4. The van der Waals surface area contributed by atoms with Crippen LogP contribution in [0.1, 0.15) is 36.5 Å². The molecule has 0 unspecified atom stereocenters. The molecule has 1 aromatic heterocycles. The van der Waals surface area contributed by atoms with E-state index < -0.39 is 17.9 Å². The van der Waals surface area contributed by atoms with E-state index in [4.69, 9.17) is 5.11 Å². The molecule has 0 fully saturated rings. The average molecular weight is 268 g/mol. The first-order valence-electron chi connectivity index (χ1n) is 6.15. The van der Waals surface area contributed by atoms with Crippen LogP contribution in [-0.4, -0.2) is 35.1 Å². The first-order chi connectivity index (χ1) is 8.97. The second-order valence-corrected chi connectivity index (χ2v) is 4.73. The van der Waals surface area contributed by atoms with Gasteiger partial charge in [0.25, 0.3) is 5.91 Å². The van der Waals surface area contributed by atoms with E-state index in [-0.39, 0.29) is 12.5 Å². The van der Waals surface area contributed by atoms with E-state index in [0.29, 0.717) is 17.8 Å². The van der Waals surface area contributed by atoms with Crippen LogP contribution in [0.25, 0.3) is 0 Å². The van der Waals surface area contributed by atoms with E-state index in [1.165, 1.54) is 7.11 Å². The summed E-state index contributed by atoms with van der Waals surface area (Å²) in [5, 5.41) is 11.5. The number of esters is 1. The lowest BCUT2D eigenvalue weighted by molar-refractivity contribution is -0.143. The second-order valence-electron chi connectivity index (χ2n) is 4.73. The van der Waals surface area contributed by atoms with E-state index in [0.717, 1.165) is 0 Å². The molecule has 0 saturated carbocycles. The van der Waals surface area contributed by atoms with E-state index in [2.05, 4.69) is 15.0 Å². The number of amides is 1. The van der Waals surface area contributed by atoms with Gasteiger partial charge in [0.1, 0.15) is 11.7 Å². The minimum Gasteiger partial charge on any atom is -0.467 e.